The summed E-state index contributed by atoms with van der Waals surface area (Å²) in [6, 6.07) is 5.04. The van der Waals surface area contributed by atoms with Crippen molar-refractivity contribution in [1.82, 2.24) is 0 Å². The Kier molecular flexibility index (Phi) is 8.62. The number of hydrogen-bond donors (Lipinski definition) is 1. The fraction of sp³-hybridized carbons (Fsp3) is 0.0741. The maximum Gasteiger partial charge on any atom is 0.295 e. The van der Waals surface area contributed by atoms with E-state index in [1.54, 1.807) is 0 Å². The maximum absolute atomic E-state index is 15.5. The smallest absolute Gasteiger partial charge is 0.295 e. The lowest BCUT2D eigenvalue weighted by Crippen LogP contribution is -2.76. The van der Waals surface area contributed by atoms with Crippen LogP contribution in [0, 0.1) is 87.3 Å². The Balaban J connectivity index is 2.42. The van der Waals surface area contributed by atoms with Gasteiger partial charge in [0.1, 0.15) is 34.9 Å². The molecule has 1 unspecified atom stereocenters. The highest BCUT2D eigenvalue weighted by Crippen LogP contribution is 2.31. The number of benzene rings is 4. The second kappa shape index (κ2) is 11.6. The molecule has 0 aliphatic heterocycles. The second-order valence-corrected chi connectivity index (χ2v) is 9.58. The average Bonchev–Trinajstić information content (AvgIpc) is 3.03. The average molecular weight is 677 g/mol. The second-order valence-electron chi connectivity index (χ2n) is 9.58. The summed E-state index contributed by atoms with van der Waals surface area (Å²) in [4.78, 5) is 13.4. The van der Waals surface area contributed by atoms with Gasteiger partial charge in [-0.2, -0.15) is 0 Å². The fourth-order valence-electron chi connectivity index (χ4n) is 4.70. The van der Waals surface area contributed by atoms with E-state index in [9.17, 15) is 49.4 Å². The van der Waals surface area contributed by atoms with Gasteiger partial charge in [0, 0.05) is 0 Å². The van der Waals surface area contributed by atoms with Crippen molar-refractivity contribution in [2.45, 2.75) is 12.5 Å². The summed E-state index contributed by atoms with van der Waals surface area (Å²) >= 11 is 0. The Hall–Kier alpha value is -4.68. The molecule has 4 aromatic carbocycles. The molecule has 1 N–H and O–H groups in total. The summed E-state index contributed by atoms with van der Waals surface area (Å²) in [5.74, 6) is -51.9. The third kappa shape index (κ3) is 4.75. The monoisotopic (exact) mass is 677 g/mol. The van der Waals surface area contributed by atoms with Crippen molar-refractivity contribution < 1.29 is 80.4 Å². The van der Waals surface area contributed by atoms with E-state index in [1.165, 1.54) is 6.07 Å². The largest absolute Gasteiger partial charge is 0.673 e. The van der Waals surface area contributed by atoms with Gasteiger partial charge in [-0.3, -0.25) is 4.79 Å². The van der Waals surface area contributed by atoms with E-state index >= 15 is 26.3 Å². The van der Waals surface area contributed by atoms with E-state index in [4.69, 9.17) is 0 Å². The normalized spacial score (nSPS) is 13.2. The van der Waals surface area contributed by atoms with Crippen LogP contribution in [0.25, 0.3) is 0 Å². The van der Waals surface area contributed by atoms with Crippen LogP contribution >= 0.6 is 0 Å². The molecule has 4 aromatic rings. The van der Waals surface area contributed by atoms with Gasteiger partial charge in [0.25, 0.3) is 12.3 Å². The number of rotatable bonds is 6. The molecule has 1 atom stereocenters. The van der Waals surface area contributed by atoms with Crippen LogP contribution in [0.4, 0.5) is 65.9 Å². The zero-order chi connectivity index (χ0) is 34.8. The number of hydrogen-bond acceptors (Lipinski definition) is 3. The quantitative estimate of drug-likeness (QED) is 0.132. The molecular weight excluding hydrogens is 668 g/mol. The van der Waals surface area contributed by atoms with E-state index < -0.39 is 127 Å². The SMILES string of the molecule is CC(O)(C(=O)O[B-](c1c(F)c(F)c(F)c(F)c1F)(c1c(F)c(F)c(F)c(F)c1F)c1c(F)c(F)c(F)c(F)c1F)c1ccccc1. The molecule has 0 amide bonds. The predicted molar refractivity (Wildman–Crippen MR) is 125 cm³/mol. The van der Waals surface area contributed by atoms with E-state index in [0.717, 1.165) is 24.3 Å². The molecule has 0 aliphatic rings. The van der Waals surface area contributed by atoms with Gasteiger partial charge in [-0.25, -0.2) is 65.9 Å². The highest BCUT2D eigenvalue weighted by atomic mass is 19.2. The summed E-state index contributed by atoms with van der Waals surface area (Å²) < 4.78 is 226. The van der Waals surface area contributed by atoms with Crippen LogP contribution in [0.5, 0.6) is 0 Å². The number of aliphatic hydroxyl groups is 1. The molecule has 0 aliphatic carbocycles. The molecule has 3 nitrogen and oxygen atoms in total. The molecule has 0 bridgehead atoms. The predicted octanol–water partition coefficient (Wildman–Crippen LogP) is 5.19. The number of halogens is 15. The van der Waals surface area contributed by atoms with Crippen molar-refractivity contribution >= 4 is 28.7 Å². The van der Waals surface area contributed by atoms with Crippen molar-refractivity contribution in [3.63, 3.8) is 0 Å². The fourth-order valence-corrected chi connectivity index (χ4v) is 4.70. The van der Waals surface area contributed by atoms with Crippen LogP contribution in [-0.4, -0.2) is 17.4 Å². The Bertz CT molecular complexity index is 1680. The highest BCUT2D eigenvalue weighted by molar-refractivity contribution is 7.08. The number of carbonyl (C=O) groups excluding carboxylic acids is 1. The van der Waals surface area contributed by atoms with Gasteiger partial charge < -0.3 is 9.76 Å². The molecule has 0 spiro atoms. The van der Waals surface area contributed by atoms with Gasteiger partial charge >= 0.3 is 0 Å². The van der Waals surface area contributed by atoms with Crippen molar-refractivity contribution in [2.75, 3.05) is 0 Å². The first-order valence-electron chi connectivity index (χ1n) is 12.0. The first-order valence-corrected chi connectivity index (χ1v) is 12.0. The van der Waals surface area contributed by atoms with Crippen molar-refractivity contribution in [3.8, 4) is 0 Å². The first kappa shape index (κ1) is 34.2. The zero-order valence-electron chi connectivity index (χ0n) is 21.9. The maximum atomic E-state index is 15.5. The minimum absolute atomic E-state index is 0.376. The molecule has 0 saturated heterocycles. The Morgan fingerprint density at radius 3 is 1.00 bits per heavy atom. The molecule has 0 saturated carbocycles. The van der Waals surface area contributed by atoms with Crippen LogP contribution < -0.4 is 16.4 Å². The zero-order valence-corrected chi connectivity index (χ0v) is 21.9. The van der Waals surface area contributed by atoms with Crippen LogP contribution in [-0.2, 0) is 15.0 Å². The number of carbonyl (C=O) groups is 1. The van der Waals surface area contributed by atoms with Gasteiger partial charge in [-0.15, -0.1) is 0 Å². The lowest BCUT2D eigenvalue weighted by Gasteiger charge is -2.45. The molecule has 0 fully saturated rings. The van der Waals surface area contributed by atoms with Crippen LogP contribution in [0.2, 0.25) is 0 Å². The van der Waals surface area contributed by atoms with Crippen LogP contribution in [0.1, 0.15) is 12.5 Å². The minimum Gasteiger partial charge on any atom is -0.673 e. The summed E-state index contributed by atoms with van der Waals surface area (Å²) in [5.41, 5.74) is -13.5. The van der Waals surface area contributed by atoms with Gasteiger partial charge in [-0.1, -0.05) is 46.7 Å². The van der Waals surface area contributed by atoms with Crippen molar-refractivity contribution in [2.24, 2.45) is 0 Å². The Morgan fingerprint density at radius 2 is 0.739 bits per heavy atom. The van der Waals surface area contributed by atoms with Crippen molar-refractivity contribution in [1.29, 1.82) is 0 Å². The lowest BCUT2D eigenvalue weighted by molar-refractivity contribution is -0.155. The summed E-state index contributed by atoms with van der Waals surface area (Å²) in [6.07, 6.45) is -6.63. The third-order valence-electron chi connectivity index (χ3n) is 6.97. The highest BCUT2D eigenvalue weighted by Gasteiger charge is 2.53. The molecule has 244 valence electrons. The summed E-state index contributed by atoms with van der Waals surface area (Å²) in [7, 11) is 0. The minimum atomic E-state index is -6.63. The van der Waals surface area contributed by atoms with Crippen LogP contribution in [0.15, 0.2) is 30.3 Å². The molecule has 0 aromatic heterocycles. The van der Waals surface area contributed by atoms with Crippen LogP contribution in [0.3, 0.4) is 0 Å². The molecule has 46 heavy (non-hydrogen) atoms. The Morgan fingerprint density at radius 1 is 0.500 bits per heavy atom. The van der Waals surface area contributed by atoms with Gasteiger partial charge in [0.15, 0.2) is 58.0 Å². The molecule has 0 radical (unpaired) electrons. The van der Waals surface area contributed by atoms with E-state index in [0.29, 0.717) is 6.92 Å². The van der Waals surface area contributed by atoms with E-state index in [2.05, 4.69) is 4.65 Å². The Labute approximate surface area is 245 Å². The molecule has 4 rings (SSSR count). The summed E-state index contributed by atoms with van der Waals surface area (Å²) in [5, 5.41) is 10.9. The molecular formula is C27H9BF15O3-. The van der Waals surface area contributed by atoms with E-state index in [1.807, 2.05) is 0 Å². The van der Waals surface area contributed by atoms with Gasteiger partial charge in [0.2, 0.25) is 0 Å². The first-order chi connectivity index (χ1) is 21.3. The molecule has 19 heteroatoms. The molecule has 0 heterocycles. The lowest BCUT2D eigenvalue weighted by atomic mass is 9.27. The van der Waals surface area contributed by atoms with Gasteiger partial charge in [0.05, 0.1) is 0 Å². The topological polar surface area (TPSA) is 46.5 Å². The summed E-state index contributed by atoms with van der Waals surface area (Å²) in [6.45, 7) is 0.376. The van der Waals surface area contributed by atoms with E-state index in [-0.39, 0.29) is 0 Å². The van der Waals surface area contributed by atoms with Crippen molar-refractivity contribution in [3.05, 3.63) is 123 Å². The third-order valence-corrected chi connectivity index (χ3v) is 6.97. The standard InChI is InChI=1S/C27H9BF15O3/c1-27(45,7-5-3-2-4-6-7)26(44)46-28(8-11(29)17(35)23(41)18(36)12(8)30,9-13(31)19(37)24(42)20(38)14(9)32)10-15(33)21(39)25(43)22(40)16(10)34/h2-6,45H,1H3/q-1. The van der Waals surface area contributed by atoms with Gasteiger partial charge in [-0.05, 0) is 12.5 Å².